The summed E-state index contributed by atoms with van der Waals surface area (Å²) in [5, 5.41) is 3.32. The Kier molecular flexibility index (Phi) is 4.42. The maximum absolute atomic E-state index is 12.2. The molecule has 1 heterocycles. The van der Waals surface area contributed by atoms with Crippen LogP contribution in [0.1, 0.15) is 25.7 Å². The molecule has 0 spiro atoms. The molecule has 0 aliphatic carbocycles. The van der Waals surface area contributed by atoms with E-state index in [1.54, 1.807) is 18.2 Å². The van der Waals surface area contributed by atoms with Gasteiger partial charge in [0.2, 0.25) is 0 Å². The Hall–Kier alpha value is -1.43. The molecule has 3 N–H and O–H groups in total. The van der Waals surface area contributed by atoms with E-state index in [0.29, 0.717) is 21.2 Å². The van der Waals surface area contributed by atoms with Crippen molar-refractivity contribution in [1.82, 2.24) is 0 Å². The van der Waals surface area contributed by atoms with Gasteiger partial charge in [0.05, 0.1) is 10.6 Å². The molecule has 0 unspecified atom stereocenters. The van der Waals surface area contributed by atoms with Crippen LogP contribution in [0.25, 0.3) is 0 Å². The molecule has 0 saturated heterocycles. The molecule has 0 fully saturated rings. The van der Waals surface area contributed by atoms with Crippen molar-refractivity contribution in [2.75, 3.05) is 5.32 Å². The molecular weight excluding hydrogens is 312 g/mol. The van der Waals surface area contributed by atoms with Crippen LogP contribution in [0.2, 0.25) is 5.02 Å². The van der Waals surface area contributed by atoms with Crippen LogP contribution in [0.5, 0.6) is 0 Å². The summed E-state index contributed by atoms with van der Waals surface area (Å²) < 4.78 is 0. The number of carbonyl (C=O) groups is 1. The molecule has 1 aromatic carbocycles. The van der Waals surface area contributed by atoms with Gasteiger partial charge in [-0.15, -0.1) is 11.3 Å². The minimum Gasteiger partial charge on any atom is -0.389 e. The molecule has 2 aromatic rings. The molecule has 1 aromatic heterocycles. The van der Waals surface area contributed by atoms with Crippen molar-refractivity contribution < 1.29 is 4.79 Å². The van der Waals surface area contributed by atoms with Gasteiger partial charge in [-0.05, 0) is 43.7 Å². The summed E-state index contributed by atoms with van der Waals surface area (Å²) in [7, 11) is 0. The van der Waals surface area contributed by atoms with Crippen LogP contribution in [0.4, 0.5) is 5.69 Å². The van der Waals surface area contributed by atoms with E-state index >= 15 is 0 Å². The number of carbonyl (C=O) groups excluding carboxylic acids is 1. The predicted molar refractivity (Wildman–Crippen MR) is 89.1 cm³/mol. The number of aryl methyl sites for hydroxylation is 2. The summed E-state index contributed by atoms with van der Waals surface area (Å²) in [4.78, 5) is 14.2. The van der Waals surface area contributed by atoms with Crippen LogP contribution >= 0.6 is 35.2 Å². The van der Waals surface area contributed by atoms with Crippen LogP contribution in [0.15, 0.2) is 24.3 Å². The number of hydrogen-bond acceptors (Lipinski definition) is 3. The zero-order chi connectivity index (χ0) is 14.9. The van der Waals surface area contributed by atoms with E-state index in [1.807, 2.05) is 19.9 Å². The molecule has 0 saturated carbocycles. The van der Waals surface area contributed by atoms with Crippen molar-refractivity contribution in [3.8, 4) is 0 Å². The Morgan fingerprint density at radius 2 is 2.05 bits per heavy atom. The van der Waals surface area contributed by atoms with Gasteiger partial charge in [0.15, 0.2) is 0 Å². The normalized spacial score (nSPS) is 10.3. The molecule has 20 heavy (non-hydrogen) atoms. The van der Waals surface area contributed by atoms with Gasteiger partial charge in [-0.2, -0.15) is 0 Å². The van der Waals surface area contributed by atoms with Crippen molar-refractivity contribution >= 4 is 51.7 Å². The van der Waals surface area contributed by atoms with Gasteiger partial charge < -0.3 is 11.1 Å². The first-order valence-electron chi connectivity index (χ1n) is 5.86. The van der Waals surface area contributed by atoms with Crippen molar-refractivity contribution in [2.24, 2.45) is 5.73 Å². The Balaban J connectivity index is 2.32. The summed E-state index contributed by atoms with van der Waals surface area (Å²) >= 11 is 12.4. The number of nitrogens with two attached hydrogens (primary N) is 1. The molecule has 0 aliphatic heterocycles. The first-order valence-corrected chi connectivity index (χ1v) is 7.46. The molecular formula is C14H13ClN2OS2. The summed E-state index contributed by atoms with van der Waals surface area (Å²) in [5.41, 5.74) is 7.87. The average Bonchev–Trinajstić information content (AvgIpc) is 2.69. The van der Waals surface area contributed by atoms with Crippen molar-refractivity contribution in [1.29, 1.82) is 0 Å². The Morgan fingerprint density at radius 1 is 1.35 bits per heavy atom. The number of nitrogens with one attached hydrogen (secondary N) is 1. The first kappa shape index (κ1) is 15.0. The molecule has 1 amide bonds. The predicted octanol–water partition coefficient (Wildman–Crippen LogP) is 3.90. The van der Waals surface area contributed by atoms with Crippen LogP contribution in [-0.2, 0) is 0 Å². The highest BCUT2D eigenvalue weighted by atomic mass is 35.5. The maximum Gasteiger partial charge on any atom is 0.265 e. The number of anilines is 1. The van der Waals surface area contributed by atoms with E-state index in [4.69, 9.17) is 29.6 Å². The van der Waals surface area contributed by atoms with Crippen LogP contribution < -0.4 is 11.1 Å². The van der Waals surface area contributed by atoms with Crippen LogP contribution in [-0.4, -0.2) is 10.9 Å². The minimum absolute atomic E-state index is 0.189. The standard InChI is InChI=1S/C14H13ClN2OS2/c1-7-5-12(20-8(7)2)14(18)17-11-6-9(15)3-4-10(11)13(16)19/h3-6H,1-2H3,(H2,16,19)(H,17,18). The summed E-state index contributed by atoms with van der Waals surface area (Å²) in [5.74, 6) is -0.189. The van der Waals surface area contributed by atoms with Gasteiger partial charge in [0, 0.05) is 15.5 Å². The van der Waals surface area contributed by atoms with Crippen molar-refractivity contribution in [2.45, 2.75) is 13.8 Å². The fraction of sp³-hybridized carbons (Fsp3) is 0.143. The zero-order valence-corrected chi connectivity index (χ0v) is 13.4. The van der Waals surface area contributed by atoms with Gasteiger partial charge in [-0.25, -0.2) is 0 Å². The largest absolute Gasteiger partial charge is 0.389 e. The highest BCUT2D eigenvalue weighted by Gasteiger charge is 2.14. The van der Waals surface area contributed by atoms with E-state index in [2.05, 4.69) is 5.32 Å². The Morgan fingerprint density at radius 3 is 2.60 bits per heavy atom. The van der Waals surface area contributed by atoms with Crippen LogP contribution in [0, 0.1) is 13.8 Å². The monoisotopic (exact) mass is 324 g/mol. The topological polar surface area (TPSA) is 55.1 Å². The number of hydrogen-bond donors (Lipinski definition) is 2. The lowest BCUT2D eigenvalue weighted by molar-refractivity contribution is 0.103. The first-order chi connectivity index (χ1) is 9.38. The van der Waals surface area contributed by atoms with Gasteiger partial charge in [0.25, 0.3) is 5.91 Å². The fourth-order valence-electron chi connectivity index (χ4n) is 1.70. The minimum atomic E-state index is -0.189. The smallest absolute Gasteiger partial charge is 0.265 e. The molecule has 0 atom stereocenters. The van der Waals surface area contributed by atoms with E-state index in [9.17, 15) is 4.79 Å². The lowest BCUT2D eigenvalue weighted by Gasteiger charge is -2.09. The van der Waals surface area contributed by atoms with E-state index < -0.39 is 0 Å². The third-order valence-electron chi connectivity index (χ3n) is 2.89. The highest BCUT2D eigenvalue weighted by Crippen LogP contribution is 2.25. The third kappa shape index (κ3) is 3.17. The second-order valence-corrected chi connectivity index (χ2v) is 6.49. The molecule has 0 radical (unpaired) electrons. The van der Waals surface area contributed by atoms with E-state index in [-0.39, 0.29) is 10.9 Å². The SMILES string of the molecule is Cc1cc(C(=O)Nc2cc(Cl)ccc2C(N)=S)sc1C. The van der Waals surface area contributed by atoms with Crippen LogP contribution in [0.3, 0.4) is 0 Å². The second kappa shape index (κ2) is 5.91. The Bertz CT molecular complexity index is 675. The highest BCUT2D eigenvalue weighted by molar-refractivity contribution is 7.80. The summed E-state index contributed by atoms with van der Waals surface area (Å²) in [6, 6.07) is 6.89. The molecule has 6 heteroatoms. The maximum atomic E-state index is 12.2. The molecule has 0 aliphatic rings. The summed E-state index contributed by atoms with van der Waals surface area (Å²) in [6.45, 7) is 3.96. The summed E-state index contributed by atoms with van der Waals surface area (Å²) in [6.07, 6.45) is 0. The third-order valence-corrected chi connectivity index (χ3v) is 4.49. The lowest BCUT2D eigenvalue weighted by atomic mass is 10.1. The second-order valence-electron chi connectivity index (χ2n) is 4.36. The number of halogens is 1. The quantitative estimate of drug-likeness (QED) is 0.842. The molecule has 0 bridgehead atoms. The molecule has 2 rings (SSSR count). The number of amides is 1. The van der Waals surface area contributed by atoms with Gasteiger partial charge >= 0.3 is 0 Å². The zero-order valence-electron chi connectivity index (χ0n) is 11.0. The average molecular weight is 325 g/mol. The van der Waals surface area contributed by atoms with Gasteiger partial charge in [-0.3, -0.25) is 4.79 Å². The van der Waals surface area contributed by atoms with E-state index in [0.717, 1.165) is 10.4 Å². The molecule has 104 valence electrons. The fourth-order valence-corrected chi connectivity index (χ4v) is 2.98. The van der Waals surface area contributed by atoms with E-state index in [1.165, 1.54) is 11.3 Å². The lowest BCUT2D eigenvalue weighted by Crippen LogP contribution is -2.17. The van der Waals surface area contributed by atoms with Gasteiger partial charge in [-0.1, -0.05) is 23.8 Å². The Labute approximate surface area is 131 Å². The van der Waals surface area contributed by atoms with Crippen molar-refractivity contribution in [3.63, 3.8) is 0 Å². The number of thiocarbonyl (C=S) groups is 1. The molecule has 3 nitrogen and oxygen atoms in total. The number of benzene rings is 1. The van der Waals surface area contributed by atoms with Gasteiger partial charge in [0.1, 0.15) is 4.99 Å². The number of thiophene rings is 1. The van der Waals surface area contributed by atoms with Crippen molar-refractivity contribution in [3.05, 3.63) is 50.2 Å². The number of rotatable bonds is 3.